The maximum atomic E-state index is 12.5. The predicted molar refractivity (Wildman–Crippen MR) is 103 cm³/mol. The molecule has 2 rings (SSSR count). The molecule has 146 valence electrons. The van der Waals surface area contributed by atoms with Crippen molar-refractivity contribution in [2.45, 2.75) is 13.3 Å². The Morgan fingerprint density at radius 3 is 2.50 bits per heavy atom. The summed E-state index contributed by atoms with van der Waals surface area (Å²) in [6, 6.07) is 15.6. The van der Waals surface area contributed by atoms with Crippen LogP contribution >= 0.6 is 0 Å². The lowest BCUT2D eigenvalue weighted by Gasteiger charge is -2.21. The van der Waals surface area contributed by atoms with E-state index in [4.69, 9.17) is 19.5 Å². The van der Waals surface area contributed by atoms with Crippen LogP contribution < -0.4 is 14.4 Å². The first kappa shape index (κ1) is 20.8. The van der Waals surface area contributed by atoms with E-state index in [1.807, 2.05) is 19.1 Å². The Kier molecular flexibility index (Phi) is 7.85. The van der Waals surface area contributed by atoms with E-state index in [2.05, 4.69) is 0 Å². The summed E-state index contributed by atoms with van der Waals surface area (Å²) in [7, 11) is 1.48. The van der Waals surface area contributed by atoms with Gasteiger partial charge in [-0.3, -0.25) is 4.79 Å². The maximum absolute atomic E-state index is 12.5. The van der Waals surface area contributed by atoms with Crippen molar-refractivity contribution in [3.63, 3.8) is 0 Å². The van der Waals surface area contributed by atoms with E-state index in [0.29, 0.717) is 23.8 Å². The summed E-state index contributed by atoms with van der Waals surface area (Å²) in [5.41, 5.74) is 0.887. The van der Waals surface area contributed by atoms with Gasteiger partial charge in [0.25, 0.3) is 5.91 Å². The first-order chi connectivity index (χ1) is 13.6. The number of nitrogens with zero attached hydrogens (tertiary/aromatic N) is 2. The molecule has 0 radical (unpaired) electrons. The van der Waals surface area contributed by atoms with E-state index in [1.54, 1.807) is 36.4 Å². The molecule has 0 aliphatic heterocycles. The van der Waals surface area contributed by atoms with Gasteiger partial charge in [0.15, 0.2) is 18.1 Å². The van der Waals surface area contributed by atoms with Gasteiger partial charge in [-0.05, 0) is 37.3 Å². The van der Waals surface area contributed by atoms with Crippen LogP contribution in [-0.4, -0.2) is 38.7 Å². The summed E-state index contributed by atoms with van der Waals surface area (Å²) in [5.74, 6) is -0.136. The molecule has 0 atom stereocenters. The minimum atomic E-state index is -0.650. The number of benzene rings is 2. The van der Waals surface area contributed by atoms with Crippen LogP contribution in [0.15, 0.2) is 48.5 Å². The number of para-hydroxylation sites is 1. The van der Waals surface area contributed by atoms with Gasteiger partial charge in [0.2, 0.25) is 0 Å². The second kappa shape index (κ2) is 10.6. The van der Waals surface area contributed by atoms with Crippen LogP contribution in [0.5, 0.6) is 11.5 Å². The summed E-state index contributed by atoms with van der Waals surface area (Å²) in [6.45, 7) is 2.09. The summed E-state index contributed by atoms with van der Waals surface area (Å²) >= 11 is 0. The summed E-state index contributed by atoms with van der Waals surface area (Å²) < 4.78 is 15.8. The number of amides is 1. The third-order valence-electron chi connectivity index (χ3n) is 3.84. The Bertz CT molecular complexity index is 846. The van der Waals surface area contributed by atoms with E-state index in [0.717, 1.165) is 0 Å². The van der Waals surface area contributed by atoms with E-state index < -0.39 is 18.5 Å². The molecule has 0 N–H and O–H groups in total. The third kappa shape index (κ3) is 5.48. The highest BCUT2D eigenvalue weighted by molar-refractivity contribution is 5.97. The topological polar surface area (TPSA) is 88.9 Å². The minimum absolute atomic E-state index is 0.171. The Labute approximate surface area is 164 Å². The molecule has 2 aromatic rings. The lowest BCUT2D eigenvalue weighted by molar-refractivity contribution is -0.121. The van der Waals surface area contributed by atoms with Crippen molar-refractivity contribution >= 4 is 17.6 Å². The molecule has 1 amide bonds. The number of hydrogen-bond donors (Lipinski definition) is 0. The number of esters is 1. The highest BCUT2D eigenvalue weighted by Gasteiger charge is 2.19. The molecule has 0 aliphatic rings. The Hall–Kier alpha value is -3.53. The van der Waals surface area contributed by atoms with Crippen LogP contribution in [0.3, 0.4) is 0 Å². The first-order valence-electron chi connectivity index (χ1n) is 8.81. The zero-order chi connectivity index (χ0) is 20.4. The molecular formula is C21H22N2O5. The van der Waals surface area contributed by atoms with E-state index >= 15 is 0 Å². The van der Waals surface area contributed by atoms with Gasteiger partial charge in [0, 0.05) is 12.2 Å². The third-order valence-corrected chi connectivity index (χ3v) is 3.84. The van der Waals surface area contributed by atoms with Gasteiger partial charge in [-0.15, -0.1) is 0 Å². The number of methoxy groups -OCH3 is 1. The van der Waals surface area contributed by atoms with Crippen LogP contribution in [0.25, 0.3) is 0 Å². The molecule has 0 saturated carbocycles. The molecule has 0 saturated heterocycles. The largest absolute Gasteiger partial charge is 0.493 e. The zero-order valence-electron chi connectivity index (χ0n) is 15.9. The molecule has 0 fully saturated rings. The Morgan fingerprint density at radius 2 is 1.86 bits per heavy atom. The zero-order valence-corrected chi connectivity index (χ0v) is 15.9. The lowest BCUT2D eigenvalue weighted by Crippen LogP contribution is -2.35. The van der Waals surface area contributed by atoms with Gasteiger partial charge < -0.3 is 19.1 Å². The fraction of sp³-hybridized carbons (Fsp3) is 0.286. The van der Waals surface area contributed by atoms with Gasteiger partial charge >= 0.3 is 5.97 Å². The fourth-order valence-corrected chi connectivity index (χ4v) is 2.53. The molecule has 0 aliphatic carbocycles. The monoisotopic (exact) mass is 382 g/mol. The Balaban J connectivity index is 2.05. The smallest absolute Gasteiger partial charge is 0.338 e. The molecule has 7 nitrogen and oxygen atoms in total. The van der Waals surface area contributed by atoms with Crippen molar-refractivity contribution in [2.24, 2.45) is 0 Å². The molecule has 0 aromatic heterocycles. The van der Waals surface area contributed by atoms with Gasteiger partial charge in [-0.25, -0.2) is 4.79 Å². The van der Waals surface area contributed by atoms with E-state index in [-0.39, 0.29) is 18.5 Å². The highest BCUT2D eigenvalue weighted by Crippen LogP contribution is 2.28. The number of nitriles is 1. The highest BCUT2D eigenvalue weighted by atomic mass is 16.5. The van der Waals surface area contributed by atoms with Crippen LogP contribution in [-0.2, 0) is 9.53 Å². The van der Waals surface area contributed by atoms with Gasteiger partial charge in [-0.2, -0.15) is 5.26 Å². The van der Waals surface area contributed by atoms with Crippen molar-refractivity contribution in [3.05, 3.63) is 54.1 Å². The van der Waals surface area contributed by atoms with Crippen LogP contribution in [0.1, 0.15) is 23.7 Å². The van der Waals surface area contributed by atoms with E-state index in [9.17, 15) is 9.59 Å². The summed E-state index contributed by atoms with van der Waals surface area (Å²) in [6.07, 6.45) is 0.171. The number of rotatable bonds is 9. The summed E-state index contributed by atoms with van der Waals surface area (Å²) in [5, 5.41) is 8.83. The molecule has 0 heterocycles. The van der Waals surface area contributed by atoms with Crippen LogP contribution in [0.2, 0.25) is 0 Å². The second-order valence-electron chi connectivity index (χ2n) is 5.66. The quantitative estimate of drug-likeness (QED) is 0.619. The van der Waals surface area contributed by atoms with E-state index in [1.165, 1.54) is 18.1 Å². The Morgan fingerprint density at radius 1 is 1.11 bits per heavy atom. The molecular weight excluding hydrogens is 360 g/mol. The first-order valence-corrected chi connectivity index (χ1v) is 8.81. The fourth-order valence-electron chi connectivity index (χ4n) is 2.53. The number of anilines is 1. The van der Waals surface area contributed by atoms with Crippen molar-refractivity contribution in [2.75, 3.05) is 31.8 Å². The average molecular weight is 382 g/mol. The normalized spacial score (nSPS) is 9.89. The van der Waals surface area contributed by atoms with Crippen molar-refractivity contribution in [1.29, 1.82) is 5.26 Å². The van der Waals surface area contributed by atoms with Crippen LogP contribution in [0, 0.1) is 11.3 Å². The molecule has 28 heavy (non-hydrogen) atoms. The average Bonchev–Trinajstić information content (AvgIpc) is 2.73. The van der Waals surface area contributed by atoms with Crippen molar-refractivity contribution < 1.29 is 23.8 Å². The minimum Gasteiger partial charge on any atom is -0.493 e. The number of carbonyl (C=O) groups excluding carboxylic acids is 2. The van der Waals surface area contributed by atoms with Crippen molar-refractivity contribution in [3.8, 4) is 17.6 Å². The van der Waals surface area contributed by atoms with Crippen LogP contribution in [0.4, 0.5) is 5.69 Å². The van der Waals surface area contributed by atoms with Gasteiger partial charge in [0.1, 0.15) is 0 Å². The lowest BCUT2D eigenvalue weighted by atomic mass is 10.2. The summed E-state index contributed by atoms with van der Waals surface area (Å²) in [4.78, 5) is 26.3. The molecule has 2 aromatic carbocycles. The number of ether oxygens (including phenoxy) is 3. The van der Waals surface area contributed by atoms with Gasteiger partial charge in [-0.1, -0.05) is 18.2 Å². The van der Waals surface area contributed by atoms with Crippen molar-refractivity contribution in [1.82, 2.24) is 0 Å². The standard InChI is InChI=1S/C21H22N2O5/c1-3-27-18-11-10-16(14-19(18)26-2)21(25)28-15-20(24)23(13-7-12-22)17-8-5-4-6-9-17/h4-6,8-11,14H,3,7,13,15H2,1-2H3. The van der Waals surface area contributed by atoms with Gasteiger partial charge in [0.05, 0.1) is 31.8 Å². The molecule has 0 unspecified atom stereocenters. The molecule has 7 heteroatoms. The molecule has 0 spiro atoms. The predicted octanol–water partition coefficient (Wildman–Crippen LogP) is 3.20. The second-order valence-corrected chi connectivity index (χ2v) is 5.66. The maximum Gasteiger partial charge on any atom is 0.338 e. The number of carbonyl (C=O) groups is 2. The SMILES string of the molecule is CCOc1ccc(C(=O)OCC(=O)N(CCC#N)c2ccccc2)cc1OC. The molecule has 0 bridgehead atoms. The number of hydrogen-bond acceptors (Lipinski definition) is 6.